The van der Waals surface area contributed by atoms with Gasteiger partial charge in [0.1, 0.15) is 5.75 Å². The molecule has 2 heterocycles. The van der Waals surface area contributed by atoms with Crippen LogP contribution in [0.25, 0.3) is 16.9 Å². The Kier molecular flexibility index (Phi) is 6.19. The minimum atomic E-state index is -4.31. The zero-order valence-electron chi connectivity index (χ0n) is 19.7. The van der Waals surface area contributed by atoms with E-state index in [0.717, 1.165) is 17.2 Å². The summed E-state index contributed by atoms with van der Waals surface area (Å²) in [4.78, 5) is 4.42. The van der Waals surface area contributed by atoms with E-state index in [9.17, 15) is 17.6 Å². The first-order valence-corrected chi connectivity index (χ1v) is 11.5. The van der Waals surface area contributed by atoms with E-state index in [-0.39, 0.29) is 23.9 Å². The second kappa shape index (κ2) is 9.33. The van der Waals surface area contributed by atoms with Crippen LogP contribution in [0.1, 0.15) is 36.3 Å². The molecular weight excluding hydrogens is 476 g/mol. The van der Waals surface area contributed by atoms with Gasteiger partial charge in [0.25, 0.3) is 0 Å². The Morgan fingerprint density at radius 3 is 2.58 bits per heavy atom. The van der Waals surface area contributed by atoms with Gasteiger partial charge in [0.15, 0.2) is 17.2 Å². The zero-order chi connectivity index (χ0) is 25.4. The number of hydrogen-bond donors (Lipinski definition) is 1. The first-order chi connectivity index (χ1) is 17.2. The highest BCUT2D eigenvalue weighted by molar-refractivity contribution is 5.74. The summed E-state index contributed by atoms with van der Waals surface area (Å²) >= 11 is 0. The molecular formula is C26H24F4N4O2. The lowest BCUT2D eigenvalue weighted by Crippen LogP contribution is -2.15. The van der Waals surface area contributed by atoms with E-state index in [1.807, 2.05) is 6.07 Å². The van der Waals surface area contributed by atoms with Gasteiger partial charge in [-0.05, 0) is 55.0 Å². The summed E-state index contributed by atoms with van der Waals surface area (Å²) in [5.41, 5.74) is 4.67. The topological polar surface area (TPSA) is 60.7 Å². The van der Waals surface area contributed by atoms with Crippen LogP contribution in [0.5, 0.6) is 17.4 Å². The predicted octanol–water partition coefficient (Wildman–Crippen LogP) is 6.89. The molecule has 2 aromatic heterocycles. The van der Waals surface area contributed by atoms with Gasteiger partial charge in [-0.1, -0.05) is 12.1 Å². The molecule has 0 aliphatic heterocycles. The number of fused-ring (bicyclic) bond motifs is 1. The lowest BCUT2D eigenvalue weighted by Gasteiger charge is -2.13. The maximum absolute atomic E-state index is 14.2. The number of anilines is 1. The number of imidazole rings is 1. The van der Waals surface area contributed by atoms with Gasteiger partial charge in [-0.15, -0.1) is 5.10 Å². The third kappa shape index (κ3) is 5.07. The molecule has 1 fully saturated rings. The van der Waals surface area contributed by atoms with Gasteiger partial charge in [-0.25, -0.2) is 13.9 Å². The molecule has 2 aromatic carbocycles. The van der Waals surface area contributed by atoms with Crippen molar-refractivity contribution in [3.63, 3.8) is 0 Å². The van der Waals surface area contributed by atoms with E-state index < -0.39 is 18.4 Å². The maximum atomic E-state index is 14.2. The molecule has 1 aliphatic rings. The number of alkyl halides is 3. The van der Waals surface area contributed by atoms with Crippen LogP contribution in [0, 0.1) is 12.7 Å². The number of aryl methyl sites for hydroxylation is 1. The Bertz CT molecular complexity index is 1410. The lowest BCUT2D eigenvalue weighted by atomic mass is 10.0. The third-order valence-corrected chi connectivity index (χ3v) is 6.10. The number of rotatable bonds is 8. The third-order valence-electron chi connectivity index (χ3n) is 6.10. The summed E-state index contributed by atoms with van der Waals surface area (Å²) in [7, 11) is 1.35. The van der Waals surface area contributed by atoms with Crippen molar-refractivity contribution >= 4 is 11.3 Å². The largest absolute Gasteiger partial charge is 0.494 e. The molecule has 0 spiro atoms. The summed E-state index contributed by atoms with van der Waals surface area (Å²) < 4.78 is 64.7. The van der Waals surface area contributed by atoms with Crippen molar-refractivity contribution in [1.29, 1.82) is 0 Å². The normalized spacial score (nSPS) is 13.7. The number of methoxy groups -OCH3 is 1. The van der Waals surface area contributed by atoms with Gasteiger partial charge in [0.2, 0.25) is 5.88 Å². The molecule has 0 unspecified atom stereocenters. The molecule has 36 heavy (non-hydrogen) atoms. The average Bonchev–Trinajstić information content (AvgIpc) is 3.57. The number of halogens is 4. The number of hydrogen-bond acceptors (Lipinski definition) is 5. The Morgan fingerprint density at radius 2 is 1.92 bits per heavy atom. The maximum Gasteiger partial charge on any atom is 0.390 e. The zero-order valence-corrected chi connectivity index (χ0v) is 19.7. The SMILES string of the molecule is COc1ccc(Oc2cc(NCCC(F)(F)F)c3ncc(-c4ccc(C5CC5)c(C)c4)n3n2)cc1F. The summed E-state index contributed by atoms with van der Waals surface area (Å²) in [6.07, 6.45) is -1.32. The fourth-order valence-corrected chi connectivity index (χ4v) is 4.18. The Labute approximate surface area is 204 Å². The second-order valence-corrected chi connectivity index (χ2v) is 8.81. The molecule has 5 rings (SSSR count). The molecule has 1 N–H and O–H groups in total. The fraction of sp³-hybridized carbons (Fsp3) is 0.308. The van der Waals surface area contributed by atoms with Crippen molar-refractivity contribution in [3.8, 4) is 28.6 Å². The van der Waals surface area contributed by atoms with E-state index in [1.54, 1.807) is 6.20 Å². The molecule has 4 aromatic rings. The summed E-state index contributed by atoms with van der Waals surface area (Å²) in [6, 6.07) is 11.7. The van der Waals surface area contributed by atoms with Crippen molar-refractivity contribution in [2.45, 2.75) is 38.3 Å². The van der Waals surface area contributed by atoms with Crippen molar-refractivity contribution < 1.29 is 27.0 Å². The smallest absolute Gasteiger partial charge is 0.390 e. The standard InChI is InChI=1S/C26H24F4N4O2/c1-15-11-17(5-7-19(15)16-3-4-16)22-14-32-25-21(31-10-9-26(28,29)30)13-24(33-34(22)25)36-18-6-8-23(35-2)20(27)12-18/h5-8,11-14,16,31H,3-4,9-10H2,1-2H3. The van der Waals surface area contributed by atoms with Crippen LogP contribution in [0.15, 0.2) is 48.7 Å². The molecule has 10 heteroatoms. The minimum Gasteiger partial charge on any atom is -0.494 e. The highest BCUT2D eigenvalue weighted by Gasteiger charge is 2.27. The summed E-state index contributed by atoms with van der Waals surface area (Å²) in [5.74, 6) is 0.268. The first kappa shape index (κ1) is 23.9. The van der Waals surface area contributed by atoms with Crippen LogP contribution in [0.4, 0.5) is 23.2 Å². The predicted molar refractivity (Wildman–Crippen MR) is 127 cm³/mol. The molecule has 6 nitrogen and oxygen atoms in total. The van der Waals surface area contributed by atoms with Gasteiger partial charge >= 0.3 is 6.18 Å². The lowest BCUT2D eigenvalue weighted by molar-refractivity contribution is -0.131. The highest BCUT2D eigenvalue weighted by Crippen LogP contribution is 2.42. The van der Waals surface area contributed by atoms with Crippen molar-refractivity contribution in [1.82, 2.24) is 14.6 Å². The van der Waals surface area contributed by atoms with E-state index in [0.29, 0.717) is 22.9 Å². The van der Waals surface area contributed by atoms with Crippen molar-refractivity contribution in [2.75, 3.05) is 19.0 Å². The second-order valence-electron chi connectivity index (χ2n) is 8.81. The van der Waals surface area contributed by atoms with Crippen LogP contribution in [-0.4, -0.2) is 34.4 Å². The quantitative estimate of drug-likeness (QED) is 0.267. The van der Waals surface area contributed by atoms with Gasteiger partial charge < -0.3 is 14.8 Å². The molecule has 1 saturated carbocycles. The molecule has 0 atom stereocenters. The minimum absolute atomic E-state index is 0.0576. The molecule has 1 aliphatic carbocycles. The molecule has 0 radical (unpaired) electrons. The Morgan fingerprint density at radius 1 is 1.11 bits per heavy atom. The summed E-state index contributed by atoms with van der Waals surface area (Å²) in [6.45, 7) is 1.71. The first-order valence-electron chi connectivity index (χ1n) is 11.5. The van der Waals surface area contributed by atoms with E-state index in [2.05, 4.69) is 34.5 Å². The van der Waals surface area contributed by atoms with Gasteiger partial charge in [-0.2, -0.15) is 13.2 Å². The number of benzene rings is 2. The molecule has 0 bridgehead atoms. The number of aromatic nitrogens is 3. The van der Waals surface area contributed by atoms with E-state index in [4.69, 9.17) is 9.47 Å². The monoisotopic (exact) mass is 500 g/mol. The van der Waals surface area contributed by atoms with Gasteiger partial charge in [0.05, 0.1) is 31.1 Å². The summed E-state index contributed by atoms with van der Waals surface area (Å²) in [5, 5.41) is 7.30. The van der Waals surface area contributed by atoms with Crippen molar-refractivity contribution in [2.24, 2.45) is 0 Å². The number of nitrogens with zero attached hydrogens (tertiary/aromatic N) is 3. The number of nitrogens with one attached hydrogen (secondary N) is 1. The van der Waals surface area contributed by atoms with E-state index in [1.165, 1.54) is 48.2 Å². The Hall–Kier alpha value is -3.82. The molecule has 0 saturated heterocycles. The van der Waals surface area contributed by atoms with Crippen LogP contribution in [0.3, 0.4) is 0 Å². The number of ether oxygens (including phenoxy) is 2. The van der Waals surface area contributed by atoms with Crippen molar-refractivity contribution in [3.05, 3.63) is 65.6 Å². The van der Waals surface area contributed by atoms with Crippen LogP contribution >= 0.6 is 0 Å². The molecule has 188 valence electrons. The van der Waals surface area contributed by atoms with Crippen LogP contribution in [0.2, 0.25) is 0 Å². The molecule has 0 amide bonds. The average molecular weight is 500 g/mol. The van der Waals surface area contributed by atoms with Gasteiger partial charge in [0, 0.05) is 24.2 Å². The van der Waals surface area contributed by atoms with E-state index >= 15 is 0 Å². The highest BCUT2D eigenvalue weighted by atomic mass is 19.4. The Balaban J connectivity index is 1.53. The van der Waals surface area contributed by atoms with Gasteiger partial charge in [-0.3, -0.25) is 0 Å². The van der Waals surface area contributed by atoms with Crippen LogP contribution in [-0.2, 0) is 0 Å². The fourth-order valence-electron chi connectivity index (χ4n) is 4.18. The van der Waals surface area contributed by atoms with Crippen LogP contribution < -0.4 is 14.8 Å².